The van der Waals surface area contributed by atoms with Gasteiger partial charge in [-0.3, -0.25) is 0 Å². The molecular weight excluding hydrogens is 288 g/mol. The smallest absolute Gasteiger partial charge is 0.167 e. The summed E-state index contributed by atoms with van der Waals surface area (Å²) in [5.41, 5.74) is 3.37. The number of aromatic nitrogens is 2. The predicted molar refractivity (Wildman–Crippen MR) is 89.2 cm³/mol. The van der Waals surface area contributed by atoms with Crippen LogP contribution in [0.3, 0.4) is 0 Å². The summed E-state index contributed by atoms with van der Waals surface area (Å²) < 4.78 is 10.7. The van der Waals surface area contributed by atoms with Crippen molar-refractivity contribution in [2.24, 2.45) is 0 Å². The minimum Gasteiger partial charge on any atom is -0.497 e. The maximum Gasteiger partial charge on any atom is 0.167 e. The third kappa shape index (κ3) is 2.55. The highest BCUT2D eigenvalue weighted by Crippen LogP contribution is 2.28. The summed E-state index contributed by atoms with van der Waals surface area (Å²) in [5.74, 6) is 1.47. The molecule has 2 heterocycles. The van der Waals surface area contributed by atoms with Crippen LogP contribution < -0.4 is 4.74 Å². The molecule has 0 saturated carbocycles. The van der Waals surface area contributed by atoms with Crippen LogP contribution in [0.5, 0.6) is 5.75 Å². The molecule has 4 heteroatoms. The Morgan fingerprint density at radius 1 is 0.870 bits per heavy atom. The fraction of sp³-hybridized carbons (Fsp3) is 0.0526. The maximum absolute atomic E-state index is 5.47. The van der Waals surface area contributed by atoms with Gasteiger partial charge in [-0.25, -0.2) is 4.98 Å². The first kappa shape index (κ1) is 13.5. The van der Waals surface area contributed by atoms with E-state index in [9.17, 15) is 0 Å². The summed E-state index contributed by atoms with van der Waals surface area (Å²) in [6.07, 6.45) is 0. The van der Waals surface area contributed by atoms with Crippen molar-refractivity contribution in [3.05, 3.63) is 66.7 Å². The van der Waals surface area contributed by atoms with Gasteiger partial charge in [-0.15, -0.1) is 0 Å². The van der Waals surface area contributed by atoms with Crippen molar-refractivity contribution < 1.29 is 9.26 Å². The van der Waals surface area contributed by atoms with E-state index in [1.54, 1.807) is 7.11 Å². The van der Waals surface area contributed by atoms with Crippen molar-refractivity contribution in [1.82, 2.24) is 10.1 Å². The Kier molecular flexibility index (Phi) is 3.27. The van der Waals surface area contributed by atoms with Gasteiger partial charge in [-0.2, -0.15) is 0 Å². The first-order valence-electron chi connectivity index (χ1n) is 7.31. The lowest BCUT2D eigenvalue weighted by atomic mass is 10.1. The summed E-state index contributed by atoms with van der Waals surface area (Å²) in [6, 6.07) is 21.6. The number of hydrogen-bond donors (Lipinski definition) is 0. The highest BCUT2D eigenvalue weighted by atomic mass is 16.5. The molecule has 0 aliphatic heterocycles. The van der Waals surface area contributed by atoms with Crippen LogP contribution in [0.25, 0.3) is 33.6 Å². The van der Waals surface area contributed by atoms with Gasteiger partial charge in [0.25, 0.3) is 0 Å². The number of benzene rings is 2. The van der Waals surface area contributed by atoms with Crippen LogP contribution in [0, 0.1) is 0 Å². The molecule has 0 atom stereocenters. The Morgan fingerprint density at radius 2 is 1.78 bits per heavy atom. The molecule has 0 saturated heterocycles. The highest BCUT2D eigenvalue weighted by Gasteiger charge is 2.10. The molecule has 0 aliphatic rings. The first-order chi connectivity index (χ1) is 11.3. The minimum atomic E-state index is 0.689. The zero-order valence-electron chi connectivity index (χ0n) is 12.6. The summed E-state index contributed by atoms with van der Waals surface area (Å²) in [5, 5.41) is 5.25. The van der Waals surface area contributed by atoms with Gasteiger partial charge in [0.15, 0.2) is 5.76 Å². The highest BCUT2D eigenvalue weighted by molar-refractivity contribution is 5.81. The first-order valence-corrected chi connectivity index (χ1v) is 7.31. The lowest BCUT2D eigenvalue weighted by molar-refractivity contribution is 0.413. The van der Waals surface area contributed by atoms with Crippen LogP contribution in [-0.2, 0) is 0 Å². The fourth-order valence-electron chi connectivity index (χ4n) is 2.52. The van der Waals surface area contributed by atoms with Crippen molar-refractivity contribution in [2.45, 2.75) is 0 Å². The van der Waals surface area contributed by atoms with Crippen molar-refractivity contribution >= 4 is 10.9 Å². The Bertz CT molecular complexity index is 976. The van der Waals surface area contributed by atoms with Gasteiger partial charge >= 0.3 is 0 Å². The molecule has 0 bridgehead atoms. The van der Waals surface area contributed by atoms with E-state index in [4.69, 9.17) is 9.26 Å². The number of fused-ring (bicyclic) bond motifs is 1. The van der Waals surface area contributed by atoms with E-state index in [0.717, 1.165) is 27.9 Å². The number of methoxy groups -OCH3 is 1. The molecule has 4 nitrogen and oxygen atoms in total. The monoisotopic (exact) mass is 302 g/mol. The van der Waals surface area contributed by atoms with Crippen LogP contribution in [0.2, 0.25) is 0 Å². The Labute approximate surface area is 133 Å². The van der Waals surface area contributed by atoms with E-state index in [1.165, 1.54) is 0 Å². The van der Waals surface area contributed by atoms with Crippen molar-refractivity contribution in [1.29, 1.82) is 0 Å². The summed E-state index contributed by atoms with van der Waals surface area (Å²) >= 11 is 0. The molecule has 0 spiro atoms. The van der Waals surface area contributed by atoms with Crippen molar-refractivity contribution in [2.75, 3.05) is 7.11 Å². The number of hydrogen-bond acceptors (Lipinski definition) is 4. The molecule has 2 aromatic heterocycles. The molecule has 112 valence electrons. The van der Waals surface area contributed by atoms with E-state index in [-0.39, 0.29) is 0 Å². The van der Waals surface area contributed by atoms with Gasteiger partial charge < -0.3 is 9.26 Å². The van der Waals surface area contributed by atoms with Gasteiger partial charge in [0.05, 0.1) is 18.3 Å². The summed E-state index contributed by atoms with van der Waals surface area (Å²) in [4.78, 5) is 4.64. The lowest BCUT2D eigenvalue weighted by Gasteiger charge is -2.00. The van der Waals surface area contributed by atoms with Gasteiger partial charge in [-0.05, 0) is 24.3 Å². The third-order valence-corrected chi connectivity index (χ3v) is 3.73. The average molecular weight is 302 g/mol. The number of nitrogens with zero attached hydrogens (tertiary/aromatic N) is 2. The molecule has 0 fully saturated rings. The topological polar surface area (TPSA) is 48.2 Å². The van der Waals surface area contributed by atoms with Crippen molar-refractivity contribution in [3.8, 4) is 28.5 Å². The summed E-state index contributed by atoms with van der Waals surface area (Å²) in [6.45, 7) is 0. The number of rotatable bonds is 3. The van der Waals surface area contributed by atoms with Gasteiger partial charge in [0.2, 0.25) is 0 Å². The van der Waals surface area contributed by atoms with Crippen LogP contribution >= 0.6 is 0 Å². The Hall–Kier alpha value is -3.14. The third-order valence-electron chi connectivity index (χ3n) is 3.73. The molecular formula is C19H14N2O2. The minimum absolute atomic E-state index is 0.689. The number of pyridine rings is 1. The lowest BCUT2D eigenvalue weighted by Crippen LogP contribution is -1.84. The molecule has 0 amide bonds. The van der Waals surface area contributed by atoms with Gasteiger partial charge in [0, 0.05) is 17.0 Å². The van der Waals surface area contributed by atoms with Crippen LogP contribution in [0.4, 0.5) is 0 Å². The zero-order valence-corrected chi connectivity index (χ0v) is 12.6. The molecule has 0 radical (unpaired) electrons. The Balaban J connectivity index is 1.73. The molecule has 4 aromatic rings. The zero-order chi connectivity index (χ0) is 15.6. The molecule has 4 rings (SSSR count). The summed E-state index contributed by atoms with van der Waals surface area (Å²) in [7, 11) is 1.64. The van der Waals surface area contributed by atoms with Crippen LogP contribution in [-0.4, -0.2) is 17.3 Å². The molecule has 0 N–H and O–H groups in total. The van der Waals surface area contributed by atoms with E-state index in [0.29, 0.717) is 11.5 Å². The molecule has 2 aromatic carbocycles. The predicted octanol–water partition coefficient (Wildman–Crippen LogP) is 4.57. The molecule has 23 heavy (non-hydrogen) atoms. The largest absolute Gasteiger partial charge is 0.497 e. The van der Waals surface area contributed by atoms with Crippen LogP contribution in [0.15, 0.2) is 71.3 Å². The van der Waals surface area contributed by atoms with E-state index in [2.05, 4.69) is 10.1 Å². The number of para-hydroxylation sites is 1. The van der Waals surface area contributed by atoms with Crippen molar-refractivity contribution in [3.63, 3.8) is 0 Å². The second kappa shape index (κ2) is 5.57. The molecule has 0 aliphatic carbocycles. The second-order valence-corrected chi connectivity index (χ2v) is 5.20. The normalized spacial score (nSPS) is 10.8. The van der Waals surface area contributed by atoms with E-state index in [1.807, 2.05) is 66.7 Å². The van der Waals surface area contributed by atoms with Gasteiger partial charge in [-0.1, -0.05) is 41.6 Å². The quantitative estimate of drug-likeness (QED) is 0.556. The van der Waals surface area contributed by atoms with Gasteiger partial charge in [0.1, 0.15) is 11.4 Å². The standard InChI is InChI=1S/C19H14N2O2/c1-22-15-7-4-6-14(11-15)19-12-18(21-23-19)17-10-9-13-5-2-3-8-16(13)20-17/h2-12H,1H3. The van der Waals surface area contributed by atoms with E-state index < -0.39 is 0 Å². The second-order valence-electron chi connectivity index (χ2n) is 5.20. The maximum atomic E-state index is 5.47. The Morgan fingerprint density at radius 3 is 2.70 bits per heavy atom. The molecule has 0 unspecified atom stereocenters. The van der Waals surface area contributed by atoms with E-state index >= 15 is 0 Å². The van der Waals surface area contributed by atoms with Crippen LogP contribution in [0.1, 0.15) is 0 Å². The number of ether oxygens (including phenoxy) is 1. The SMILES string of the molecule is COc1cccc(-c2cc(-c3ccc4ccccc4n3)no2)c1. The average Bonchev–Trinajstić information content (AvgIpc) is 3.11. The fourth-order valence-corrected chi connectivity index (χ4v) is 2.52.